The molecule has 30 heavy (non-hydrogen) atoms. The molecule has 9 heteroatoms. The fourth-order valence-corrected chi connectivity index (χ4v) is 2.46. The van der Waals surface area contributed by atoms with Gasteiger partial charge < -0.3 is 18.9 Å². The number of rotatable bonds is 6. The van der Waals surface area contributed by atoms with Gasteiger partial charge in [0.25, 0.3) is 0 Å². The van der Waals surface area contributed by atoms with Gasteiger partial charge in [-0.3, -0.25) is 24.0 Å². The largest absolute Gasteiger partial charge is 0.427 e. The highest BCUT2D eigenvalue weighted by Crippen LogP contribution is 2.32. The first-order valence-electron chi connectivity index (χ1n) is 8.63. The van der Waals surface area contributed by atoms with Crippen LogP contribution >= 0.6 is 0 Å². The Labute approximate surface area is 171 Å². The molecule has 0 heterocycles. The molecule has 2 aromatic carbocycles. The highest BCUT2D eigenvalue weighted by Gasteiger charge is 2.22. The van der Waals surface area contributed by atoms with Crippen molar-refractivity contribution >= 4 is 29.7 Å². The minimum atomic E-state index is -0.700. The van der Waals surface area contributed by atoms with Crippen LogP contribution in [-0.2, 0) is 19.2 Å². The van der Waals surface area contributed by atoms with E-state index in [0.29, 0.717) is 0 Å². The third kappa shape index (κ3) is 5.99. The van der Waals surface area contributed by atoms with E-state index in [-0.39, 0.29) is 34.1 Å². The normalized spacial score (nSPS) is 10.0. The SMILES string of the molecule is CC(=O)Oc1ccc(C(=O)c2ccc(OC(C)=O)cc2OC(C)=O)c(OC(C)=O)c1. The van der Waals surface area contributed by atoms with Gasteiger partial charge in [0.2, 0.25) is 5.78 Å². The van der Waals surface area contributed by atoms with Gasteiger partial charge >= 0.3 is 23.9 Å². The number of carbonyl (C=O) groups excluding carboxylic acids is 5. The van der Waals surface area contributed by atoms with Gasteiger partial charge in [-0.2, -0.15) is 0 Å². The molecule has 0 spiro atoms. The lowest BCUT2D eigenvalue weighted by Crippen LogP contribution is -2.12. The Balaban J connectivity index is 2.54. The molecule has 0 aliphatic heterocycles. The molecule has 0 fully saturated rings. The standard InChI is InChI=1S/C21H18O9/c1-11(22)27-15-5-7-17(19(9-15)29-13(3)24)21(26)18-8-6-16(28-12(2)23)10-20(18)30-14(4)25/h5-10H,1-4H3. The highest BCUT2D eigenvalue weighted by atomic mass is 16.6. The summed E-state index contributed by atoms with van der Waals surface area (Å²) in [5.41, 5.74) is -0.0931. The summed E-state index contributed by atoms with van der Waals surface area (Å²) in [6, 6.07) is 7.73. The molecule has 9 nitrogen and oxygen atoms in total. The van der Waals surface area contributed by atoms with Crippen LogP contribution in [0.15, 0.2) is 36.4 Å². The number of esters is 4. The Morgan fingerprint density at radius 3 is 1.17 bits per heavy atom. The lowest BCUT2D eigenvalue weighted by Gasteiger charge is -2.13. The number of hydrogen-bond acceptors (Lipinski definition) is 9. The van der Waals surface area contributed by atoms with E-state index in [9.17, 15) is 24.0 Å². The number of benzene rings is 2. The Morgan fingerprint density at radius 1 is 0.533 bits per heavy atom. The molecule has 0 unspecified atom stereocenters. The molecule has 0 bridgehead atoms. The summed E-state index contributed by atoms with van der Waals surface area (Å²) in [5, 5.41) is 0. The van der Waals surface area contributed by atoms with E-state index in [1.54, 1.807) is 0 Å². The van der Waals surface area contributed by atoms with E-state index < -0.39 is 29.7 Å². The van der Waals surface area contributed by atoms with Crippen molar-refractivity contribution in [2.75, 3.05) is 0 Å². The van der Waals surface area contributed by atoms with Crippen LogP contribution in [0.25, 0.3) is 0 Å². The second kappa shape index (κ2) is 9.46. The van der Waals surface area contributed by atoms with Gasteiger partial charge in [-0.25, -0.2) is 0 Å². The van der Waals surface area contributed by atoms with Crippen molar-refractivity contribution in [2.24, 2.45) is 0 Å². The zero-order valence-electron chi connectivity index (χ0n) is 16.6. The maximum Gasteiger partial charge on any atom is 0.308 e. The Hall–Kier alpha value is -4.01. The average molecular weight is 414 g/mol. The Bertz CT molecular complexity index is 955. The average Bonchev–Trinajstić information content (AvgIpc) is 2.59. The minimum Gasteiger partial charge on any atom is -0.427 e. The predicted octanol–water partition coefficient (Wildman–Crippen LogP) is 2.62. The summed E-state index contributed by atoms with van der Waals surface area (Å²) < 4.78 is 20.1. The number of hydrogen-bond donors (Lipinski definition) is 0. The van der Waals surface area contributed by atoms with Crippen molar-refractivity contribution in [3.8, 4) is 23.0 Å². The minimum absolute atomic E-state index is 0.0465. The first-order chi connectivity index (χ1) is 14.1. The first kappa shape index (κ1) is 22.3. The van der Waals surface area contributed by atoms with Crippen molar-refractivity contribution in [3.63, 3.8) is 0 Å². The number of ether oxygens (including phenoxy) is 4. The topological polar surface area (TPSA) is 122 Å². The van der Waals surface area contributed by atoms with Crippen molar-refractivity contribution in [3.05, 3.63) is 47.5 Å². The third-order valence-electron chi connectivity index (χ3n) is 3.43. The molecule has 0 radical (unpaired) electrons. The molecule has 156 valence electrons. The molecule has 2 rings (SSSR count). The zero-order chi connectivity index (χ0) is 22.4. The van der Waals surface area contributed by atoms with Crippen molar-refractivity contribution in [2.45, 2.75) is 27.7 Å². The van der Waals surface area contributed by atoms with Gasteiger partial charge in [0, 0.05) is 39.8 Å². The maximum atomic E-state index is 13.1. The summed E-state index contributed by atoms with van der Waals surface area (Å²) >= 11 is 0. The number of ketones is 1. The molecule has 0 aliphatic carbocycles. The summed E-state index contributed by atoms with van der Waals surface area (Å²) in [6.45, 7) is 4.68. The van der Waals surface area contributed by atoms with Gasteiger partial charge in [0.1, 0.15) is 23.0 Å². The van der Waals surface area contributed by atoms with Crippen LogP contribution in [0.4, 0.5) is 0 Å². The van der Waals surface area contributed by atoms with E-state index >= 15 is 0 Å². The molecule has 2 aromatic rings. The monoisotopic (exact) mass is 414 g/mol. The second-order valence-electron chi connectivity index (χ2n) is 6.02. The lowest BCUT2D eigenvalue weighted by molar-refractivity contribution is -0.133. The van der Waals surface area contributed by atoms with Gasteiger partial charge in [0.05, 0.1) is 11.1 Å². The molecule has 0 N–H and O–H groups in total. The number of carbonyl (C=O) groups is 5. The zero-order valence-corrected chi connectivity index (χ0v) is 16.6. The summed E-state index contributed by atoms with van der Waals surface area (Å²) in [5.74, 6) is -3.40. The van der Waals surface area contributed by atoms with Crippen molar-refractivity contribution < 1.29 is 42.9 Å². The van der Waals surface area contributed by atoms with Crippen LogP contribution in [0.2, 0.25) is 0 Å². The van der Waals surface area contributed by atoms with Crippen LogP contribution < -0.4 is 18.9 Å². The lowest BCUT2D eigenvalue weighted by atomic mass is 10.0. The van der Waals surface area contributed by atoms with Crippen molar-refractivity contribution in [1.82, 2.24) is 0 Å². The molecule has 0 saturated heterocycles. The highest BCUT2D eigenvalue weighted by molar-refractivity contribution is 6.13. The van der Waals surface area contributed by atoms with E-state index in [2.05, 4.69) is 0 Å². The predicted molar refractivity (Wildman–Crippen MR) is 102 cm³/mol. The van der Waals surface area contributed by atoms with Gasteiger partial charge in [-0.1, -0.05) is 0 Å². The van der Waals surface area contributed by atoms with E-state index in [4.69, 9.17) is 18.9 Å². The molecule has 0 amide bonds. The molecular formula is C21H18O9. The summed E-state index contributed by atoms with van der Waals surface area (Å²) in [4.78, 5) is 58.4. The van der Waals surface area contributed by atoms with E-state index in [1.807, 2.05) is 0 Å². The molecule has 0 aromatic heterocycles. The van der Waals surface area contributed by atoms with E-state index in [1.165, 1.54) is 50.2 Å². The molecule has 0 saturated carbocycles. The summed E-state index contributed by atoms with van der Waals surface area (Å²) in [6.07, 6.45) is 0. The second-order valence-corrected chi connectivity index (χ2v) is 6.02. The fourth-order valence-electron chi connectivity index (χ4n) is 2.46. The molecular weight excluding hydrogens is 396 g/mol. The van der Waals surface area contributed by atoms with Crippen molar-refractivity contribution in [1.29, 1.82) is 0 Å². The Kier molecular flexibility index (Phi) is 7.03. The van der Waals surface area contributed by atoms with Crippen LogP contribution in [0.3, 0.4) is 0 Å². The van der Waals surface area contributed by atoms with Gasteiger partial charge in [0.15, 0.2) is 0 Å². The first-order valence-corrected chi connectivity index (χ1v) is 8.63. The Morgan fingerprint density at radius 2 is 0.867 bits per heavy atom. The van der Waals surface area contributed by atoms with Gasteiger partial charge in [-0.15, -0.1) is 0 Å². The van der Waals surface area contributed by atoms with Crippen LogP contribution in [0.1, 0.15) is 43.6 Å². The van der Waals surface area contributed by atoms with Crippen LogP contribution in [0.5, 0.6) is 23.0 Å². The smallest absolute Gasteiger partial charge is 0.308 e. The fraction of sp³-hybridized carbons (Fsp3) is 0.190. The van der Waals surface area contributed by atoms with E-state index in [0.717, 1.165) is 13.8 Å². The quantitative estimate of drug-likeness (QED) is 0.399. The van der Waals surface area contributed by atoms with Crippen LogP contribution in [-0.4, -0.2) is 29.7 Å². The van der Waals surface area contributed by atoms with Crippen LogP contribution in [0, 0.1) is 0 Å². The van der Waals surface area contributed by atoms with Gasteiger partial charge in [-0.05, 0) is 24.3 Å². The maximum absolute atomic E-state index is 13.1. The molecule has 0 aliphatic rings. The third-order valence-corrected chi connectivity index (χ3v) is 3.43. The summed E-state index contributed by atoms with van der Waals surface area (Å²) in [7, 11) is 0. The molecule has 0 atom stereocenters.